The summed E-state index contributed by atoms with van der Waals surface area (Å²) in [6.07, 6.45) is -1.47. The van der Waals surface area contributed by atoms with Crippen LogP contribution in [0.1, 0.15) is 58.8 Å². The van der Waals surface area contributed by atoms with Gasteiger partial charge < -0.3 is 19.2 Å². The second kappa shape index (κ2) is 10.7. The van der Waals surface area contributed by atoms with Gasteiger partial charge in [-0.2, -0.15) is 13.2 Å². The molecule has 0 aromatic carbocycles. The molecule has 0 spiro atoms. The van der Waals surface area contributed by atoms with Gasteiger partial charge in [0, 0.05) is 25.0 Å². The van der Waals surface area contributed by atoms with E-state index in [0.717, 1.165) is 6.08 Å². The van der Waals surface area contributed by atoms with Crippen LogP contribution in [0.5, 0.6) is 0 Å². The van der Waals surface area contributed by atoms with Crippen LogP contribution in [0.2, 0.25) is 0 Å². The Morgan fingerprint density at radius 1 is 1.28 bits per heavy atom. The van der Waals surface area contributed by atoms with E-state index in [1.165, 1.54) is 23.8 Å². The highest BCUT2D eigenvalue weighted by molar-refractivity contribution is 7.91. The van der Waals surface area contributed by atoms with Gasteiger partial charge in [0.15, 0.2) is 15.7 Å². The van der Waals surface area contributed by atoms with Gasteiger partial charge in [0.25, 0.3) is 0 Å². The van der Waals surface area contributed by atoms with E-state index in [1.54, 1.807) is 41.7 Å². The standard InChI is InChI=1S/C25H34BF3N4O5S/c1-8-39(36,37)19-11-16(26-38-24(5,6)23(3,4)35)13-30-21(19)22-31-18(15(2)32(22)7)12-20(25(27,28)29)33(14-34)17-9-10-17/h11-14,17,26,35H,8-10H2,1-7H3/b20-12-. The summed E-state index contributed by atoms with van der Waals surface area (Å²) in [5.41, 5.74) is -2.59. The Labute approximate surface area is 227 Å². The molecule has 2 aromatic heterocycles. The number of halogens is 3. The van der Waals surface area contributed by atoms with Crippen molar-refractivity contribution in [3.05, 3.63) is 29.3 Å². The summed E-state index contributed by atoms with van der Waals surface area (Å²) in [6.45, 7) is 9.62. The second-order valence-electron chi connectivity index (χ2n) is 10.7. The van der Waals surface area contributed by atoms with Crippen molar-refractivity contribution in [3.8, 4) is 11.5 Å². The van der Waals surface area contributed by atoms with Gasteiger partial charge in [0.2, 0.25) is 6.41 Å². The molecule has 214 valence electrons. The normalized spacial score (nSPS) is 15.4. The average molecular weight is 570 g/mol. The predicted octanol–water partition coefficient (Wildman–Crippen LogP) is 2.65. The van der Waals surface area contributed by atoms with Crippen molar-refractivity contribution in [2.45, 2.75) is 82.7 Å². The Morgan fingerprint density at radius 3 is 2.38 bits per heavy atom. The molecule has 9 nitrogen and oxygen atoms in total. The number of aliphatic hydroxyl groups is 1. The molecule has 2 heterocycles. The van der Waals surface area contributed by atoms with Crippen molar-refractivity contribution in [1.82, 2.24) is 19.4 Å². The molecule has 39 heavy (non-hydrogen) atoms. The SMILES string of the molecule is CCS(=O)(=O)c1cc(BOC(C)(C)C(C)(C)O)cnc1-c1nc(/C=C(\N(C=O)C2CC2)C(F)(F)F)c(C)n1C. The van der Waals surface area contributed by atoms with Crippen molar-refractivity contribution in [3.63, 3.8) is 0 Å². The number of alkyl halides is 3. The van der Waals surface area contributed by atoms with E-state index in [-0.39, 0.29) is 41.8 Å². The van der Waals surface area contributed by atoms with Crippen molar-refractivity contribution in [2.24, 2.45) is 7.05 Å². The number of hydrogen-bond acceptors (Lipinski definition) is 7. The highest BCUT2D eigenvalue weighted by Gasteiger charge is 2.43. The molecule has 3 rings (SSSR count). The van der Waals surface area contributed by atoms with Crippen LogP contribution < -0.4 is 5.46 Å². The third kappa shape index (κ3) is 6.55. The van der Waals surface area contributed by atoms with E-state index < -0.39 is 39.0 Å². The van der Waals surface area contributed by atoms with E-state index in [0.29, 0.717) is 28.9 Å². The number of aromatic nitrogens is 3. The van der Waals surface area contributed by atoms with Gasteiger partial charge >= 0.3 is 13.7 Å². The minimum Gasteiger partial charge on any atom is -0.427 e. The number of hydrogen-bond donors (Lipinski definition) is 1. The lowest BCUT2D eigenvalue weighted by Crippen LogP contribution is -2.49. The number of carbonyl (C=O) groups excluding carboxylic acids is 1. The second-order valence-corrected chi connectivity index (χ2v) is 12.9. The molecule has 0 saturated heterocycles. The molecule has 1 N–H and O–H groups in total. The summed E-state index contributed by atoms with van der Waals surface area (Å²) >= 11 is 0. The lowest BCUT2D eigenvalue weighted by molar-refractivity contribution is -0.132. The molecular formula is C25H34BF3N4O5S. The zero-order valence-corrected chi connectivity index (χ0v) is 23.9. The number of imidazole rings is 1. The molecule has 1 aliphatic rings. The summed E-state index contributed by atoms with van der Waals surface area (Å²) in [5, 5.41) is 10.3. The minimum atomic E-state index is -4.80. The van der Waals surface area contributed by atoms with Crippen LogP contribution in [-0.4, -0.2) is 76.0 Å². The summed E-state index contributed by atoms with van der Waals surface area (Å²) in [6, 6.07) is 0.890. The van der Waals surface area contributed by atoms with Crippen molar-refractivity contribution in [1.29, 1.82) is 0 Å². The van der Waals surface area contributed by atoms with Crippen molar-refractivity contribution >= 4 is 35.3 Å². The Balaban J connectivity index is 2.11. The number of pyridine rings is 1. The summed E-state index contributed by atoms with van der Waals surface area (Å²) in [5.74, 6) is -0.189. The average Bonchev–Trinajstić information content (AvgIpc) is 3.63. The smallest absolute Gasteiger partial charge is 0.427 e. The van der Waals surface area contributed by atoms with Gasteiger partial charge in [-0.15, -0.1) is 0 Å². The van der Waals surface area contributed by atoms with E-state index in [9.17, 15) is 31.5 Å². The van der Waals surface area contributed by atoms with Crippen molar-refractivity contribution in [2.75, 3.05) is 5.75 Å². The van der Waals surface area contributed by atoms with Gasteiger partial charge in [-0.3, -0.25) is 9.78 Å². The number of sulfone groups is 1. The number of amides is 1. The first-order chi connectivity index (χ1) is 17.8. The van der Waals surface area contributed by atoms with Crippen LogP contribution in [0.3, 0.4) is 0 Å². The van der Waals surface area contributed by atoms with Crippen LogP contribution in [0, 0.1) is 6.92 Å². The Morgan fingerprint density at radius 2 is 1.90 bits per heavy atom. The maximum absolute atomic E-state index is 13.9. The van der Waals surface area contributed by atoms with Crippen LogP contribution in [-0.2, 0) is 26.3 Å². The quantitative estimate of drug-likeness (QED) is 0.327. The number of rotatable bonds is 11. The number of nitrogens with zero attached hydrogens (tertiary/aromatic N) is 4. The van der Waals surface area contributed by atoms with Crippen LogP contribution in [0.4, 0.5) is 13.2 Å². The van der Waals surface area contributed by atoms with E-state index in [2.05, 4.69) is 9.97 Å². The van der Waals surface area contributed by atoms with Gasteiger partial charge in [0.1, 0.15) is 11.4 Å². The Kier molecular flexibility index (Phi) is 8.46. The first-order valence-corrected chi connectivity index (χ1v) is 14.1. The number of carbonyl (C=O) groups is 1. The molecule has 0 bridgehead atoms. The maximum atomic E-state index is 13.9. The zero-order valence-electron chi connectivity index (χ0n) is 23.1. The fourth-order valence-corrected chi connectivity index (χ4v) is 4.72. The highest BCUT2D eigenvalue weighted by atomic mass is 32.2. The number of allylic oxidation sites excluding steroid dienone is 1. The Hall–Kier alpha value is -2.71. The molecule has 2 aromatic rings. The molecular weight excluding hydrogens is 536 g/mol. The first-order valence-electron chi connectivity index (χ1n) is 12.5. The summed E-state index contributed by atoms with van der Waals surface area (Å²) in [7, 11) is -2.33. The van der Waals surface area contributed by atoms with Gasteiger partial charge in [-0.05, 0) is 65.1 Å². The summed E-state index contributed by atoms with van der Waals surface area (Å²) in [4.78, 5) is 20.7. The molecule has 1 amide bonds. The first kappa shape index (κ1) is 30.8. The molecule has 0 aliphatic heterocycles. The van der Waals surface area contributed by atoms with Crippen LogP contribution >= 0.6 is 0 Å². The van der Waals surface area contributed by atoms with Gasteiger partial charge in [-0.1, -0.05) is 6.92 Å². The fourth-order valence-electron chi connectivity index (χ4n) is 3.64. The fraction of sp³-hybridized carbons (Fsp3) is 0.560. The molecule has 0 unspecified atom stereocenters. The zero-order chi connectivity index (χ0) is 29.6. The maximum Gasteiger partial charge on any atom is 0.431 e. The van der Waals surface area contributed by atoms with E-state index >= 15 is 0 Å². The molecule has 0 atom stereocenters. The summed E-state index contributed by atoms with van der Waals surface area (Å²) < 4.78 is 75.2. The minimum absolute atomic E-state index is 0.0180. The van der Waals surface area contributed by atoms with Crippen molar-refractivity contribution < 1.29 is 36.1 Å². The lowest BCUT2D eigenvalue weighted by Gasteiger charge is -2.37. The molecule has 0 radical (unpaired) electrons. The van der Waals surface area contributed by atoms with Gasteiger partial charge in [-0.25, -0.2) is 13.4 Å². The van der Waals surface area contributed by atoms with Gasteiger partial charge in [0.05, 0.1) is 27.5 Å². The Bertz CT molecular complexity index is 1380. The topological polar surface area (TPSA) is 115 Å². The third-order valence-electron chi connectivity index (χ3n) is 7.22. The third-order valence-corrected chi connectivity index (χ3v) is 8.96. The monoisotopic (exact) mass is 570 g/mol. The highest BCUT2D eigenvalue weighted by Crippen LogP contribution is 2.38. The van der Waals surface area contributed by atoms with Crippen LogP contribution in [0.15, 0.2) is 22.9 Å². The predicted molar refractivity (Wildman–Crippen MR) is 142 cm³/mol. The molecule has 1 saturated carbocycles. The van der Waals surface area contributed by atoms with E-state index in [4.69, 9.17) is 4.65 Å². The van der Waals surface area contributed by atoms with E-state index in [1.807, 2.05) is 0 Å². The largest absolute Gasteiger partial charge is 0.431 e. The lowest BCUT2D eigenvalue weighted by atomic mass is 9.83. The molecule has 1 fully saturated rings. The molecule has 1 aliphatic carbocycles. The molecule has 14 heteroatoms. The van der Waals surface area contributed by atoms with Crippen LogP contribution in [0.25, 0.3) is 17.6 Å².